The van der Waals surface area contributed by atoms with Crippen LogP contribution in [0.4, 0.5) is 0 Å². The highest BCUT2D eigenvalue weighted by Crippen LogP contribution is 2.32. The number of benzene rings is 1. The van der Waals surface area contributed by atoms with Crippen LogP contribution < -0.4 is 0 Å². The first-order chi connectivity index (χ1) is 9.88. The first-order valence-electron chi connectivity index (χ1n) is 7.07. The van der Waals surface area contributed by atoms with E-state index in [-0.39, 0.29) is 17.3 Å². The Bertz CT molecular complexity index is 662. The summed E-state index contributed by atoms with van der Waals surface area (Å²) in [6.07, 6.45) is 0. The fourth-order valence-corrected chi connectivity index (χ4v) is 2.80. The number of imidazole rings is 1. The molecule has 1 aromatic heterocycles. The van der Waals surface area contributed by atoms with Crippen LogP contribution in [0.2, 0.25) is 0 Å². The van der Waals surface area contributed by atoms with Gasteiger partial charge >= 0.3 is 5.97 Å². The van der Waals surface area contributed by atoms with Gasteiger partial charge in [-0.1, -0.05) is 26.0 Å². The molecule has 0 N–H and O–H groups in total. The molecule has 0 saturated carbocycles. The van der Waals surface area contributed by atoms with Crippen LogP contribution in [0.5, 0.6) is 0 Å². The average Bonchev–Trinajstić information content (AvgIpc) is 2.80. The molecule has 0 aliphatic heterocycles. The lowest BCUT2D eigenvalue weighted by Gasteiger charge is -2.23. The number of aromatic nitrogens is 2. The lowest BCUT2D eigenvalue weighted by molar-refractivity contribution is -0.146. The number of halogens is 1. The van der Waals surface area contributed by atoms with Crippen molar-refractivity contribution in [1.29, 1.82) is 0 Å². The van der Waals surface area contributed by atoms with Gasteiger partial charge in [0.25, 0.3) is 0 Å². The normalized spacial score (nSPS) is 14.4. The molecule has 0 aliphatic rings. The van der Waals surface area contributed by atoms with Gasteiger partial charge in [-0.25, -0.2) is 9.78 Å². The van der Waals surface area contributed by atoms with Gasteiger partial charge in [-0.05, 0) is 31.4 Å². The number of aryl methyl sites for hydroxylation is 1. The molecule has 21 heavy (non-hydrogen) atoms. The summed E-state index contributed by atoms with van der Waals surface area (Å²) in [7, 11) is 1.41. The monoisotopic (exact) mass is 308 g/mol. The summed E-state index contributed by atoms with van der Waals surface area (Å²) >= 11 is 6.29. The van der Waals surface area contributed by atoms with Crippen LogP contribution in [-0.4, -0.2) is 22.6 Å². The molecule has 114 valence electrons. The van der Waals surface area contributed by atoms with Crippen LogP contribution in [0.15, 0.2) is 18.2 Å². The lowest BCUT2D eigenvalue weighted by atomic mass is 10.0. The summed E-state index contributed by atoms with van der Waals surface area (Å²) in [6.45, 7) is 7.85. The van der Waals surface area contributed by atoms with Crippen molar-refractivity contribution in [2.45, 2.75) is 39.1 Å². The van der Waals surface area contributed by atoms with Crippen LogP contribution in [0.25, 0.3) is 11.0 Å². The molecule has 2 aromatic rings. The van der Waals surface area contributed by atoms with Crippen molar-refractivity contribution in [3.8, 4) is 0 Å². The van der Waals surface area contributed by atoms with Crippen LogP contribution in [0.1, 0.15) is 43.6 Å². The minimum atomic E-state index is -0.432. The summed E-state index contributed by atoms with van der Waals surface area (Å²) in [5.41, 5.74) is 2.87. The molecule has 2 rings (SSSR count). The molecular formula is C16H21ClN2O2. The van der Waals surface area contributed by atoms with E-state index in [1.54, 1.807) is 0 Å². The maximum atomic E-state index is 12.2. The van der Waals surface area contributed by atoms with Crippen molar-refractivity contribution in [1.82, 2.24) is 9.55 Å². The Kier molecular flexibility index (Phi) is 4.57. The second-order valence-corrected chi connectivity index (χ2v) is 6.27. The van der Waals surface area contributed by atoms with Gasteiger partial charge in [0, 0.05) is 0 Å². The summed E-state index contributed by atoms with van der Waals surface area (Å²) in [5.74, 6) is 0.499. The molecule has 0 radical (unpaired) electrons. The summed E-state index contributed by atoms with van der Waals surface area (Å²) in [5, 5.41) is -0.289. The molecular weight excluding hydrogens is 288 g/mol. The SMILES string of the molecule is COC(=O)C(C(C)C)n1c(C(C)Cl)nc2c(C)cccc21. The van der Waals surface area contributed by atoms with E-state index in [9.17, 15) is 4.79 Å². The topological polar surface area (TPSA) is 44.1 Å². The molecule has 1 heterocycles. The number of hydrogen-bond donors (Lipinski definition) is 0. The van der Waals surface area contributed by atoms with E-state index in [1.807, 2.05) is 50.5 Å². The maximum Gasteiger partial charge on any atom is 0.329 e. The van der Waals surface area contributed by atoms with Gasteiger partial charge in [0.05, 0.1) is 23.5 Å². The highest BCUT2D eigenvalue weighted by molar-refractivity contribution is 6.20. The second-order valence-electron chi connectivity index (χ2n) is 5.61. The quantitative estimate of drug-likeness (QED) is 0.633. The predicted octanol–water partition coefficient (Wildman–Crippen LogP) is 4.01. The van der Waals surface area contributed by atoms with Crippen LogP contribution in [-0.2, 0) is 9.53 Å². The predicted molar refractivity (Wildman–Crippen MR) is 84.6 cm³/mol. The Morgan fingerprint density at radius 1 is 1.33 bits per heavy atom. The number of nitrogens with zero attached hydrogens (tertiary/aromatic N) is 2. The van der Waals surface area contributed by atoms with Crippen molar-refractivity contribution in [2.24, 2.45) is 5.92 Å². The highest BCUT2D eigenvalue weighted by Gasteiger charge is 2.30. The van der Waals surface area contributed by atoms with Crippen molar-refractivity contribution in [2.75, 3.05) is 7.11 Å². The lowest BCUT2D eigenvalue weighted by Crippen LogP contribution is -2.27. The number of rotatable bonds is 4. The van der Waals surface area contributed by atoms with E-state index in [0.717, 1.165) is 16.6 Å². The average molecular weight is 309 g/mol. The molecule has 0 bridgehead atoms. The Morgan fingerprint density at radius 2 is 2.00 bits per heavy atom. The van der Waals surface area contributed by atoms with Crippen LogP contribution in [0, 0.1) is 12.8 Å². The van der Waals surface area contributed by atoms with Gasteiger partial charge in [-0.2, -0.15) is 0 Å². The number of esters is 1. The number of carbonyl (C=O) groups excluding carboxylic acids is 1. The maximum absolute atomic E-state index is 12.2. The molecule has 0 amide bonds. The van der Waals surface area contributed by atoms with Gasteiger partial charge in [0.1, 0.15) is 11.9 Å². The molecule has 0 aliphatic carbocycles. The molecule has 0 spiro atoms. The van der Waals surface area contributed by atoms with E-state index in [4.69, 9.17) is 16.3 Å². The first-order valence-corrected chi connectivity index (χ1v) is 7.51. The van der Waals surface area contributed by atoms with Gasteiger partial charge in [0.15, 0.2) is 0 Å². The molecule has 2 unspecified atom stereocenters. The van der Waals surface area contributed by atoms with Gasteiger partial charge in [-0.15, -0.1) is 11.6 Å². The Labute approximate surface area is 130 Å². The summed E-state index contributed by atoms with van der Waals surface area (Å²) < 4.78 is 6.91. The Balaban J connectivity index is 2.78. The largest absolute Gasteiger partial charge is 0.467 e. The standard InChI is InChI=1S/C16H21ClN2O2/c1-9(2)14(16(20)21-5)19-12-8-6-7-10(3)13(12)18-15(19)11(4)17/h6-9,11,14H,1-5H3. The molecule has 5 heteroatoms. The number of para-hydroxylation sites is 1. The molecule has 4 nitrogen and oxygen atoms in total. The zero-order valence-corrected chi connectivity index (χ0v) is 13.8. The number of carbonyl (C=O) groups is 1. The Hall–Kier alpha value is -1.55. The zero-order valence-electron chi connectivity index (χ0n) is 13.1. The van der Waals surface area contributed by atoms with E-state index < -0.39 is 6.04 Å². The van der Waals surface area contributed by atoms with Crippen molar-refractivity contribution in [3.05, 3.63) is 29.6 Å². The van der Waals surface area contributed by atoms with E-state index >= 15 is 0 Å². The van der Waals surface area contributed by atoms with E-state index in [0.29, 0.717) is 5.82 Å². The number of fused-ring (bicyclic) bond motifs is 1. The van der Waals surface area contributed by atoms with Gasteiger partial charge < -0.3 is 9.30 Å². The number of alkyl halides is 1. The van der Waals surface area contributed by atoms with Crippen molar-refractivity contribution < 1.29 is 9.53 Å². The van der Waals surface area contributed by atoms with Crippen molar-refractivity contribution >= 4 is 28.6 Å². The van der Waals surface area contributed by atoms with E-state index in [1.165, 1.54) is 7.11 Å². The molecule has 0 fully saturated rings. The number of methoxy groups -OCH3 is 1. The van der Waals surface area contributed by atoms with Gasteiger partial charge in [-0.3, -0.25) is 0 Å². The Morgan fingerprint density at radius 3 is 2.52 bits per heavy atom. The van der Waals surface area contributed by atoms with Crippen LogP contribution in [0.3, 0.4) is 0 Å². The molecule has 2 atom stereocenters. The van der Waals surface area contributed by atoms with Gasteiger partial charge in [0.2, 0.25) is 0 Å². The van der Waals surface area contributed by atoms with Crippen molar-refractivity contribution in [3.63, 3.8) is 0 Å². The minimum absolute atomic E-state index is 0.0736. The highest BCUT2D eigenvalue weighted by atomic mass is 35.5. The fraction of sp³-hybridized carbons (Fsp3) is 0.500. The fourth-order valence-electron chi connectivity index (χ4n) is 2.64. The first kappa shape index (κ1) is 15.8. The molecule has 1 aromatic carbocycles. The second kappa shape index (κ2) is 6.06. The third-order valence-corrected chi connectivity index (χ3v) is 3.85. The van der Waals surface area contributed by atoms with Crippen LogP contribution >= 0.6 is 11.6 Å². The summed E-state index contributed by atoms with van der Waals surface area (Å²) in [4.78, 5) is 16.9. The minimum Gasteiger partial charge on any atom is -0.467 e. The third-order valence-electron chi connectivity index (χ3n) is 3.66. The smallest absolute Gasteiger partial charge is 0.329 e. The summed E-state index contributed by atoms with van der Waals surface area (Å²) in [6, 6.07) is 5.51. The zero-order chi connectivity index (χ0) is 15.7. The number of ether oxygens (including phenoxy) is 1. The molecule has 0 saturated heterocycles. The number of hydrogen-bond acceptors (Lipinski definition) is 3. The van der Waals surface area contributed by atoms with E-state index in [2.05, 4.69) is 4.98 Å². The third kappa shape index (κ3) is 2.77.